The molecule has 0 aliphatic carbocycles. The first kappa shape index (κ1) is 13.8. The van der Waals surface area contributed by atoms with Crippen LogP contribution in [0.15, 0.2) is 0 Å². The van der Waals surface area contributed by atoms with Crippen LogP contribution in [0.25, 0.3) is 0 Å². The highest BCUT2D eigenvalue weighted by Crippen LogP contribution is 2.19. The summed E-state index contributed by atoms with van der Waals surface area (Å²) in [5.74, 6) is 0.278. The van der Waals surface area contributed by atoms with Crippen LogP contribution >= 0.6 is 12.2 Å². The first-order valence-corrected chi connectivity index (χ1v) is 5.50. The van der Waals surface area contributed by atoms with Gasteiger partial charge in [0.05, 0.1) is 11.1 Å². The lowest BCUT2D eigenvalue weighted by atomic mass is 9.95. The highest BCUT2D eigenvalue weighted by molar-refractivity contribution is 7.80. The third kappa shape index (κ3) is 4.38. The van der Waals surface area contributed by atoms with E-state index >= 15 is 0 Å². The zero-order valence-electron chi connectivity index (χ0n) is 10.2. The molecule has 0 aliphatic rings. The van der Waals surface area contributed by atoms with Crippen LogP contribution in [0.2, 0.25) is 0 Å². The van der Waals surface area contributed by atoms with Crippen LogP contribution in [-0.4, -0.2) is 34.7 Å². The van der Waals surface area contributed by atoms with Gasteiger partial charge in [0.25, 0.3) is 0 Å². The van der Waals surface area contributed by atoms with E-state index in [0.717, 1.165) is 4.99 Å². The Morgan fingerprint density at radius 1 is 1.36 bits per heavy atom. The number of thiocarbonyl (C=S) groups is 1. The van der Waals surface area contributed by atoms with E-state index in [2.05, 4.69) is 20.8 Å². The van der Waals surface area contributed by atoms with E-state index in [1.54, 1.807) is 0 Å². The summed E-state index contributed by atoms with van der Waals surface area (Å²) in [5, 5.41) is 9.71. The average Bonchev–Trinajstić information content (AvgIpc) is 2.00. The summed E-state index contributed by atoms with van der Waals surface area (Å²) in [4.78, 5) is 2.87. The molecule has 0 aromatic rings. The number of aliphatic hydroxyl groups is 1. The Morgan fingerprint density at radius 2 is 1.79 bits per heavy atom. The second-order valence-corrected chi connectivity index (χ2v) is 5.63. The van der Waals surface area contributed by atoms with E-state index in [4.69, 9.17) is 12.2 Å². The van der Waals surface area contributed by atoms with Crippen LogP contribution in [-0.2, 0) is 0 Å². The monoisotopic (exact) mass is 217 g/mol. The van der Waals surface area contributed by atoms with E-state index in [9.17, 15) is 5.11 Å². The molecule has 0 spiro atoms. The summed E-state index contributed by atoms with van der Waals surface area (Å²) in [6.07, 6.45) is -0.305. The molecular formula is C11H23NOS. The van der Waals surface area contributed by atoms with Gasteiger partial charge in [-0.15, -0.1) is 0 Å². The highest BCUT2D eigenvalue weighted by Gasteiger charge is 2.22. The van der Waals surface area contributed by atoms with Crippen molar-refractivity contribution in [2.24, 2.45) is 11.3 Å². The third-order valence-electron chi connectivity index (χ3n) is 2.22. The predicted molar refractivity (Wildman–Crippen MR) is 65.5 cm³/mol. The molecule has 0 fully saturated rings. The van der Waals surface area contributed by atoms with E-state index in [1.165, 1.54) is 0 Å². The Labute approximate surface area is 93.3 Å². The minimum absolute atomic E-state index is 0.000777. The maximum Gasteiger partial charge on any atom is 0.0831 e. The summed E-state index contributed by atoms with van der Waals surface area (Å²) in [6, 6.07) is 0. The summed E-state index contributed by atoms with van der Waals surface area (Å²) in [7, 11) is 1.94. The third-order valence-corrected chi connectivity index (χ3v) is 3.14. The number of hydrogen-bond acceptors (Lipinski definition) is 2. The van der Waals surface area contributed by atoms with E-state index in [0.29, 0.717) is 6.54 Å². The van der Waals surface area contributed by atoms with Gasteiger partial charge in [0.1, 0.15) is 0 Å². The second-order valence-electron chi connectivity index (χ2n) is 5.25. The maximum absolute atomic E-state index is 9.71. The number of rotatable bonds is 3. The van der Waals surface area contributed by atoms with Crippen molar-refractivity contribution in [3.63, 3.8) is 0 Å². The van der Waals surface area contributed by atoms with Gasteiger partial charge in [-0.2, -0.15) is 0 Å². The summed E-state index contributed by atoms with van der Waals surface area (Å²) in [6.45, 7) is 10.9. The fraction of sp³-hybridized carbons (Fsp3) is 0.909. The molecule has 14 heavy (non-hydrogen) atoms. The van der Waals surface area contributed by atoms with Crippen LogP contribution in [0.3, 0.4) is 0 Å². The molecule has 1 unspecified atom stereocenters. The van der Waals surface area contributed by atoms with Gasteiger partial charge in [-0.1, -0.05) is 46.8 Å². The predicted octanol–water partition coefficient (Wildman–Crippen LogP) is 2.31. The van der Waals surface area contributed by atoms with E-state index < -0.39 is 0 Å². The quantitative estimate of drug-likeness (QED) is 0.734. The van der Waals surface area contributed by atoms with Crippen molar-refractivity contribution in [2.45, 2.75) is 40.7 Å². The zero-order valence-corrected chi connectivity index (χ0v) is 11.0. The first-order valence-electron chi connectivity index (χ1n) is 5.10. The Balaban J connectivity index is 4.22. The van der Waals surface area contributed by atoms with Gasteiger partial charge in [-0.25, -0.2) is 0 Å². The van der Waals surface area contributed by atoms with E-state index in [-0.39, 0.29) is 17.4 Å². The highest BCUT2D eigenvalue weighted by atomic mass is 32.1. The number of nitrogens with zero attached hydrogens (tertiary/aromatic N) is 1. The molecule has 1 N–H and O–H groups in total. The van der Waals surface area contributed by atoms with Crippen molar-refractivity contribution in [1.82, 2.24) is 4.90 Å². The number of likely N-dealkylation sites (N-methyl/N-ethyl adjacent to an activating group) is 1. The van der Waals surface area contributed by atoms with Crippen molar-refractivity contribution < 1.29 is 5.11 Å². The summed E-state index contributed by atoms with van der Waals surface area (Å²) < 4.78 is 0. The molecule has 3 heteroatoms. The van der Waals surface area contributed by atoms with Gasteiger partial charge in [0, 0.05) is 19.0 Å². The first-order chi connectivity index (χ1) is 6.16. The molecule has 0 amide bonds. The zero-order chi connectivity index (χ0) is 11.5. The molecule has 0 aromatic carbocycles. The van der Waals surface area contributed by atoms with Gasteiger partial charge in [0.2, 0.25) is 0 Å². The maximum atomic E-state index is 9.71. The topological polar surface area (TPSA) is 23.5 Å². The molecule has 0 saturated carbocycles. The molecule has 84 valence electrons. The number of aliphatic hydroxyl groups excluding tert-OH is 1. The van der Waals surface area contributed by atoms with Crippen LogP contribution < -0.4 is 0 Å². The Hall–Kier alpha value is -0.150. The van der Waals surface area contributed by atoms with Gasteiger partial charge < -0.3 is 10.0 Å². The van der Waals surface area contributed by atoms with Gasteiger partial charge in [-0.05, 0) is 5.92 Å². The molecule has 1 atom stereocenters. The standard InChI is InChI=1S/C11H23NOS/c1-8(2)9(13)7-12(6)10(14)11(3,4)5/h8-9,13H,7H2,1-6H3. The fourth-order valence-electron chi connectivity index (χ4n) is 1.15. The van der Waals surface area contributed by atoms with Crippen molar-refractivity contribution in [3.8, 4) is 0 Å². The lowest BCUT2D eigenvalue weighted by molar-refractivity contribution is 0.104. The Kier molecular flexibility index (Phi) is 5.02. The fourth-order valence-corrected chi connectivity index (χ4v) is 1.22. The van der Waals surface area contributed by atoms with Gasteiger partial charge in [-0.3, -0.25) is 0 Å². The lowest BCUT2D eigenvalue weighted by Gasteiger charge is -2.31. The lowest BCUT2D eigenvalue weighted by Crippen LogP contribution is -2.41. The van der Waals surface area contributed by atoms with Crippen molar-refractivity contribution in [1.29, 1.82) is 0 Å². The summed E-state index contributed by atoms with van der Waals surface area (Å²) in [5.41, 5.74) is 0.000777. The minimum Gasteiger partial charge on any atom is -0.391 e. The van der Waals surface area contributed by atoms with Crippen LogP contribution in [0.5, 0.6) is 0 Å². The molecule has 0 rings (SSSR count). The Morgan fingerprint density at radius 3 is 2.07 bits per heavy atom. The normalized spacial score (nSPS) is 14.3. The molecule has 0 heterocycles. The van der Waals surface area contributed by atoms with Gasteiger partial charge >= 0.3 is 0 Å². The molecule has 2 nitrogen and oxygen atoms in total. The van der Waals surface area contributed by atoms with Crippen LogP contribution in [0.1, 0.15) is 34.6 Å². The van der Waals surface area contributed by atoms with Crippen molar-refractivity contribution in [3.05, 3.63) is 0 Å². The molecule has 0 aromatic heterocycles. The molecule has 0 aliphatic heterocycles. The summed E-state index contributed by atoms with van der Waals surface area (Å²) >= 11 is 5.33. The van der Waals surface area contributed by atoms with Crippen LogP contribution in [0, 0.1) is 11.3 Å². The molecular weight excluding hydrogens is 194 g/mol. The molecule has 0 bridgehead atoms. The number of hydrogen-bond donors (Lipinski definition) is 1. The van der Waals surface area contributed by atoms with E-state index in [1.807, 2.05) is 25.8 Å². The second kappa shape index (κ2) is 5.08. The largest absolute Gasteiger partial charge is 0.391 e. The molecule has 0 radical (unpaired) electrons. The average molecular weight is 217 g/mol. The molecule has 0 saturated heterocycles. The minimum atomic E-state index is -0.305. The SMILES string of the molecule is CC(C)C(O)CN(C)C(=S)C(C)(C)C. The smallest absolute Gasteiger partial charge is 0.0831 e. The Bertz CT molecular complexity index is 196. The van der Waals surface area contributed by atoms with Gasteiger partial charge in [0.15, 0.2) is 0 Å². The van der Waals surface area contributed by atoms with Crippen molar-refractivity contribution >= 4 is 17.2 Å². The van der Waals surface area contributed by atoms with Crippen LogP contribution in [0.4, 0.5) is 0 Å². The van der Waals surface area contributed by atoms with Crippen molar-refractivity contribution in [2.75, 3.05) is 13.6 Å².